The Morgan fingerprint density at radius 3 is 2.72 bits per heavy atom. The molecule has 1 fully saturated rings. The maximum Gasteiger partial charge on any atom is 0.0724 e. The van der Waals surface area contributed by atoms with Crippen LogP contribution < -0.4 is 5.32 Å². The summed E-state index contributed by atoms with van der Waals surface area (Å²) < 4.78 is 5.58. The molecule has 0 amide bonds. The quantitative estimate of drug-likeness (QED) is 0.828. The molecule has 0 aromatic heterocycles. The Bertz CT molecular complexity index is 338. The first-order valence-electron chi connectivity index (χ1n) is 7.19. The molecule has 0 bridgehead atoms. The number of ether oxygens (including phenoxy) is 1. The summed E-state index contributed by atoms with van der Waals surface area (Å²) >= 11 is 0. The van der Waals surface area contributed by atoms with Crippen LogP contribution in [0.1, 0.15) is 50.6 Å². The largest absolute Gasteiger partial charge is 0.380 e. The van der Waals surface area contributed by atoms with E-state index in [9.17, 15) is 0 Å². The van der Waals surface area contributed by atoms with Gasteiger partial charge in [0.2, 0.25) is 0 Å². The lowest BCUT2D eigenvalue weighted by molar-refractivity contribution is 0.0807. The van der Waals surface area contributed by atoms with Crippen LogP contribution in [0, 0.1) is 0 Å². The van der Waals surface area contributed by atoms with E-state index in [1.165, 1.54) is 37.7 Å². The van der Waals surface area contributed by atoms with Crippen molar-refractivity contribution >= 4 is 0 Å². The first-order chi connectivity index (χ1) is 8.85. The second-order valence-electron chi connectivity index (χ2n) is 5.23. The van der Waals surface area contributed by atoms with E-state index in [-0.39, 0.29) is 0 Å². The van der Waals surface area contributed by atoms with Crippen molar-refractivity contribution in [2.24, 2.45) is 0 Å². The molecule has 1 N–H and O–H groups in total. The van der Waals surface area contributed by atoms with Crippen LogP contribution in [0.15, 0.2) is 30.3 Å². The lowest BCUT2D eigenvalue weighted by Gasteiger charge is -2.26. The highest BCUT2D eigenvalue weighted by molar-refractivity contribution is 5.19. The zero-order chi connectivity index (χ0) is 12.8. The van der Waals surface area contributed by atoms with Gasteiger partial charge in [-0.15, -0.1) is 0 Å². The Morgan fingerprint density at radius 2 is 2.06 bits per heavy atom. The molecule has 0 saturated heterocycles. The summed E-state index contributed by atoms with van der Waals surface area (Å²) in [6.07, 6.45) is 6.51. The molecular formula is C16H25NO. The van der Waals surface area contributed by atoms with Gasteiger partial charge in [-0.2, -0.15) is 0 Å². The highest BCUT2D eigenvalue weighted by Crippen LogP contribution is 2.26. The van der Waals surface area contributed by atoms with Gasteiger partial charge >= 0.3 is 0 Å². The van der Waals surface area contributed by atoms with Crippen molar-refractivity contribution in [3.8, 4) is 0 Å². The molecule has 0 radical (unpaired) electrons. The number of hydrogen-bond acceptors (Lipinski definition) is 2. The number of benzene rings is 1. The minimum Gasteiger partial charge on any atom is -0.380 e. The van der Waals surface area contributed by atoms with Crippen molar-refractivity contribution in [1.29, 1.82) is 0 Å². The van der Waals surface area contributed by atoms with Crippen molar-refractivity contribution in [3.05, 3.63) is 35.9 Å². The average Bonchev–Trinajstić information content (AvgIpc) is 2.86. The minimum atomic E-state index is 0.396. The van der Waals surface area contributed by atoms with E-state index >= 15 is 0 Å². The summed E-state index contributed by atoms with van der Waals surface area (Å²) in [4.78, 5) is 0. The summed E-state index contributed by atoms with van der Waals surface area (Å²) in [5, 5.41) is 3.81. The third-order valence-electron chi connectivity index (χ3n) is 3.95. The zero-order valence-corrected chi connectivity index (χ0v) is 11.6. The highest BCUT2D eigenvalue weighted by atomic mass is 16.5. The van der Waals surface area contributed by atoms with E-state index in [1.807, 2.05) is 7.11 Å². The molecule has 3 atom stereocenters. The zero-order valence-electron chi connectivity index (χ0n) is 11.6. The fraction of sp³-hybridized carbons (Fsp3) is 0.625. The molecule has 0 aliphatic heterocycles. The molecule has 1 saturated carbocycles. The van der Waals surface area contributed by atoms with Crippen LogP contribution in [-0.4, -0.2) is 19.3 Å². The number of hydrogen-bond donors (Lipinski definition) is 1. The molecule has 1 aromatic carbocycles. The molecule has 100 valence electrons. The van der Waals surface area contributed by atoms with Gasteiger partial charge < -0.3 is 10.1 Å². The van der Waals surface area contributed by atoms with Crippen LogP contribution >= 0.6 is 0 Å². The van der Waals surface area contributed by atoms with Gasteiger partial charge in [-0.25, -0.2) is 0 Å². The number of methoxy groups -OCH3 is 1. The Balaban J connectivity index is 2.02. The standard InChI is InChI=1S/C16H25NO/c1-3-8-14(13-9-5-4-6-10-13)17-15-11-7-12-16(15)18-2/h4-6,9-10,14-17H,3,7-8,11-12H2,1-2H3. The van der Waals surface area contributed by atoms with Gasteiger partial charge in [0.25, 0.3) is 0 Å². The Morgan fingerprint density at radius 1 is 1.28 bits per heavy atom. The Hall–Kier alpha value is -0.860. The summed E-state index contributed by atoms with van der Waals surface area (Å²) in [5.74, 6) is 0. The second-order valence-corrected chi connectivity index (χ2v) is 5.23. The van der Waals surface area contributed by atoms with Crippen molar-refractivity contribution in [2.75, 3.05) is 7.11 Å². The van der Waals surface area contributed by atoms with E-state index in [0.717, 1.165) is 0 Å². The van der Waals surface area contributed by atoms with E-state index in [2.05, 4.69) is 42.6 Å². The second kappa shape index (κ2) is 6.91. The van der Waals surface area contributed by atoms with Crippen LogP contribution in [-0.2, 0) is 4.74 Å². The van der Waals surface area contributed by atoms with Crippen LogP contribution in [0.4, 0.5) is 0 Å². The van der Waals surface area contributed by atoms with Crippen LogP contribution in [0.2, 0.25) is 0 Å². The van der Waals surface area contributed by atoms with E-state index in [0.29, 0.717) is 18.2 Å². The molecule has 1 aliphatic carbocycles. The molecule has 2 rings (SSSR count). The summed E-state index contributed by atoms with van der Waals surface area (Å²) in [7, 11) is 1.84. The van der Waals surface area contributed by atoms with Gasteiger partial charge in [-0.3, -0.25) is 0 Å². The summed E-state index contributed by atoms with van der Waals surface area (Å²) in [5.41, 5.74) is 1.40. The monoisotopic (exact) mass is 247 g/mol. The number of rotatable bonds is 6. The van der Waals surface area contributed by atoms with Crippen molar-refractivity contribution in [3.63, 3.8) is 0 Å². The van der Waals surface area contributed by atoms with Gasteiger partial charge in [0.15, 0.2) is 0 Å². The SMILES string of the molecule is CCCC(NC1CCCC1OC)c1ccccc1. The minimum absolute atomic E-state index is 0.396. The lowest BCUT2D eigenvalue weighted by Crippen LogP contribution is -2.39. The summed E-state index contributed by atoms with van der Waals surface area (Å²) in [6, 6.07) is 11.8. The van der Waals surface area contributed by atoms with Gasteiger partial charge in [0.05, 0.1) is 6.10 Å². The molecule has 2 nitrogen and oxygen atoms in total. The van der Waals surface area contributed by atoms with Crippen LogP contribution in [0.3, 0.4) is 0 Å². The maximum atomic E-state index is 5.58. The smallest absolute Gasteiger partial charge is 0.0724 e. The predicted molar refractivity (Wildman–Crippen MR) is 75.7 cm³/mol. The Kier molecular flexibility index (Phi) is 5.21. The van der Waals surface area contributed by atoms with Crippen molar-refractivity contribution in [1.82, 2.24) is 5.32 Å². The molecule has 0 heterocycles. The third kappa shape index (κ3) is 3.33. The summed E-state index contributed by atoms with van der Waals surface area (Å²) in [6.45, 7) is 2.25. The van der Waals surface area contributed by atoms with Gasteiger partial charge in [-0.05, 0) is 31.2 Å². The molecule has 18 heavy (non-hydrogen) atoms. The number of nitrogens with one attached hydrogen (secondary N) is 1. The molecule has 1 aromatic rings. The first kappa shape index (κ1) is 13.6. The van der Waals surface area contributed by atoms with Gasteiger partial charge in [-0.1, -0.05) is 43.7 Å². The molecule has 3 unspecified atom stereocenters. The van der Waals surface area contributed by atoms with E-state index in [4.69, 9.17) is 4.74 Å². The van der Waals surface area contributed by atoms with Crippen LogP contribution in [0.25, 0.3) is 0 Å². The first-order valence-corrected chi connectivity index (χ1v) is 7.19. The Labute approximate surface area is 111 Å². The van der Waals surface area contributed by atoms with Crippen LogP contribution in [0.5, 0.6) is 0 Å². The fourth-order valence-corrected chi connectivity index (χ4v) is 2.98. The molecule has 2 heteroatoms. The predicted octanol–water partition coefficient (Wildman–Crippen LogP) is 3.68. The van der Waals surface area contributed by atoms with Crippen molar-refractivity contribution in [2.45, 2.75) is 57.2 Å². The van der Waals surface area contributed by atoms with Gasteiger partial charge in [0, 0.05) is 19.2 Å². The van der Waals surface area contributed by atoms with E-state index in [1.54, 1.807) is 0 Å². The molecular weight excluding hydrogens is 222 g/mol. The fourth-order valence-electron chi connectivity index (χ4n) is 2.98. The van der Waals surface area contributed by atoms with Gasteiger partial charge in [0.1, 0.15) is 0 Å². The topological polar surface area (TPSA) is 21.3 Å². The highest BCUT2D eigenvalue weighted by Gasteiger charge is 2.28. The lowest BCUT2D eigenvalue weighted by atomic mass is 10.0. The van der Waals surface area contributed by atoms with Crippen molar-refractivity contribution < 1.29 is 4.74 Å². The molecule has 0 spiro atoms. The molecule has 1 aliphatic rings. The normalized spacial score (nSPS) is 25.2. The maximum absolute atomic E-state index is 5.58. The average molecular weight is 247 g/mol. The third-order valence-corrected chi connectivity index (χ3v) is 3.95. The van der Waals surface area contributed by atoms with E-state index < -0.39 is 0 Å².